The summed E-state index contributed by atoms with van der Waals surface area (Å²) in [5.74, 6) is 1.83. The smallest absolute Gasteiger partial charge is 0.00329 e. The molecule has 0 saturated carbocycles. The summed E-state index contributed by atoms with van der Waals surface area (Å²) in [7, 11) is 0. The predicted molar refractivity (Wildman–Crippen MR) is 86.5 cm³/mol. The van der Waals surface area contributed by atoms with Crippen molar-refractivity contribution in [3.63, 3.8) is 0 Å². The minimum absolute atomic E-state index is 0.449. The first-order valence-electron chi connectivity index (χ1n) is 8.37. The highest BCUT2D eigenvalue weighted by molar-refractivity contribution is 4.83. The van der Waals surface area contributed by atoms with Crippen LogP contribution in [-0.2, 0) is 0 Å². The van der Waals surface area contributed by atoms with Gasteiger partial charge in [0.1, 0.15) is 0 Å². The Labute approximate surface area is 122 Å². The SMILES string of the molecule is CCC(C)(C)CC(C)(C)CN1CCC(C(C)C)CC1. The van der Waals surface area contributed by atoms with E-state index in [1.165, 1.54) is 45.3 Å². The molecular formula is C18H37N. The van der Waals surface area contributed by atoms with Crippen molar-refractivity contribution < 1.29 is 0 Å². The molecule has 0 aromatic carbocycles. The van der Waals surface area contributed by atoms with Gasteiger partial charge < -0.3 is 4.90 Å². The molecule has 1 rings (SSSR count). The summed E-state index contributed by atoms with van der Waals surface area (Å²) in [5.41, 5.74) is 0.934. The van der Waals surface area contributed by atoms with Gasteiger partial charge in [-0.3, -0.25) is 0 Å². The van der Waals surface area contributed by atoms with Crippen LogP contribution in [0.25, 0.3) is 0 Å². The Balaban J connectivity index is 2.43. The van der Waals surface area contributed by atoms with E-state index in [0.717, 1.165) is 11.8 Å². The second-order valence-electron chi connectivity index (χ2n) is 8.72. The van der Waals surface area contributed by atoms with Crippen LogP contribution < -0.4 is 0 Å². The van der Waals surface area contributed by atoms with E-state index in [9.17, 15) is 0 Å². The van der Waals surface area contributed by atoms with E-state index < -0.39 is 0 Å². The van der Waals surface area contributed by atoms with Gasteiger partial charge in [0.25, 0.3) is 0 Å². The molecule has 1 saturated heterocycles. The van der Waals surface area contributed by atoms with E-state index in [2.05, 4.69) is 53.4 Å². The number of hydrogen-bond acceptors (Lipinski definition) is 1. The van der Waals surface area contributed by atoms with Gasteiger partial charge in [-0.2, -0.15) is 0 Å². The minimum Gasteiger partial charge on any atom is -0.303 e. The number of rotatable bonds is 6. The summed E-state index contributed by atoms with van der Waals surface area (Å²) < 4.78 is 0. The lowest BCUT2D eigenvalue weighted by atomic mass is 9.73. The third kappa shape index (κ3) is 5.85. The van der Waals surface area contributed by atoms with Gasteiger partial charge in [-0.05, 0) is 55.0 Å². The first kappa shape index (κ1) is 17.0. The molecule has 1 heterocycles. The summed E-state index contributed by atoms with van der Waals surface area (Å²) >= 11 is 0. The molecule has 1 nitrogen and oxygen atoms in total. The average Bonchev–Trinajstić information content (AvgIpc) is 2.27. The largest absolute Gasteiger partial charge is 0.303 e. The topological polar surface area (TPSA) is 3.24 Å². The van der Waals surface area contributed by atoms with Crippen LogP contribution >= 0.6 is 0 Å². The zero-order chi connectivity index (χ0) is 14.7. The summed E-state index contributed by atoms with van der Waals surface area (Å²) in [5, 5.41) is 0. The molecule has 1 aliphatic heterocycles. The van der Waals surface area contributed by atoms with Crippen molar-refractivity contribution in [2.75, 3.05) is 19.6 Å². The van der Waals surface area contributed by atoms with Crippen LogP contribution in [0.5, 0.6) is 0 Å². The highest BCUT2D eigenvalue weighted by Gasteiger charge is 2.31. The van der Waals surface area contributed by atoms with Crippen LogP contribution in [0.4, 0.5) is 0 Å². The summed E-state index contributed by atoms with van der Waals surface area (Å²) in [6, 6.07) is 0. The van der Waals surface area contributed by atoms with Crippen molar-refractivity contribution in [1.29, 1.82) is 0 Å². The van der Waals surface area contributed by atoms with Crippen LogP contribution in [0, 0.1) is 22.7 Å². The van der Waals surface area contributed by atoms with E-state index in [1.54, 1.807) is 0 Å². The molecule has 0 radical (unpaired) electrons. The van der Waals surface area contributed by atoms with Crippen molar-refractivity contribution in [3.05, 3.63) is 0 Å². The fraction of sp³-hybridized carbons (Fsp3) is 1.00. The number of hydrogen-bond donors (Lipinski definition) is 0. The molecule has 0 atom stereocenters. The fourth-order valence-corrected chi connectivity index (χ4v) is 3.86. The lowest BCUT2D eigenvalue weighted by Gasteiger charge is -2.41. The maximum absolute atomic E-state index is 2.71. The highest BCUT2D eigenvalue weighted by atomic mass is 15.1. The van der Waals surface area contributed by atoms with Gasteiger partial charge in [0.05, 0.1) is 0 Å². The van der Waals surface area contributed by atoms with Gasteiger partial charge in [-0.1, -0.05) is 54.9 Å². The van der Waals surface area contributed by atoms with Gasteiger partial charge in [0.2, 0.25) is 0 Å². The normalized spacial score (nSPS) is 20.2. The van der Waals surface area contributed by atoms with Crippen LogP contribution in [0.1, 0.15) is 74.1 Å². The molecule has 0 aliphatic carbocycles. The second kappa shape index (κ2) is 6.61. The zero-order valence-electron chi connectivity index (χ0n) is 14.6. The first-order valence-corrected chi connectivity index (χ1v) is 8.37. The summed E-state index contributed by atoms with van der Waals surface area (Å²) in [4.78, 5) is 2.71. The van der Waals surface area contributed by atoms with Crippen molar-refractivity contribution in [3.8, 4) is 0 Å². The fourth-order valence-electron chi connectivity index (χ4n) is 3.86. The Bertz CT molecular complexity index is 257. The monoisotopic (exact) mass is 267 g/mol. The van der Waals surface area contributed by atoms with E-state index in [1.807, 2.05) is 0 Å². The molecule has 1 aliphatic rings. The maximum atomic E-state index is 2.71. The van der Waals surface area contributed by atoms with Crippen LogP contribution in [-0.4, -0.2) is 24.5 Å². The molecule has 0 aromatic heterocycles. The number of nitrogens with zero attached hydrogens (tertiary/aromatic N) is 1. The number of likely N-dealkylation sites (tertiary alicyclic amines) is 1. The zero-order valence-corrected chi connectivity index (χ0v) is 14.6. The van der Waals surface area contributed by atoms with Gasteiger partial charge in [-0.25, -0.2) is 0 Å². The Kier molecular flexibility index (Phi) is 5.92. The minimum atomic E-state index is 0.449. The van der Waals surface area contributed by atoms with Crippen molar-refractivity contribution in [1.82, 2.24) is 4.90 Å². The predicted octanol–water partition coefficient (Wildman–Crippen LogP) is 5.21. The molecule has 0 spiro atoms. The lowest BCUT2D eigenvalue weighted by molar-refractivity contribution is 0.0846. The van der Waals surface area contributed by atoms with E-state index in [4.69, 9.17) is 0 Å². The third-order valence-electron chi connectivity index (χ3n) is 5.14. The van der Waals surface area contributed by atoms with Crippen molar-refractivity contribution in [2.45, 2.75) is 74.1 Å². The first-order chi connectivity index (χ1) is 8.65. The van der Waals surface area contributed by atoms with Crippen LogP contribution in [0.3, 0.4) is 0 Å². The molecule has 1 fully saturated rings. The van der Waals surface area contributed by atoms with Gasteiger partial charge in [0, 0.05) is 6.54 Å². The molecule has 0 aromatic rings. The van der Waals surface area contributed by atoms with Crippen molar-refractivity contribution in [2.24, 2.45) is 22.7 Å². The van der Waals surface area contributed by atoms with Crippen molar-refractivity contribution >= 4 is 0 Å². The van der Waals surface area contributed by atoms with E-state index in [0.29, 0.717) is 10.8 Å². The quantitative estimate of drug-likeness (QED) is 0.639. The molecule has 0 amide bonds. The molecule has 0 N–H and O–H groups in total. The molecular weight excluding hydrogens is 230 g/mol. The molecule has 19 heavy (non-hydrogen) atoms. The Morgan fingerprint density at radius 3 is 1.95 bits per heavy atom. The Morgan fingerprint density at radius 1 is 1.00 bits per heavy atom. The third-order valence-corrected chi connectivity index (χ3v) is 5.14. The van der Waals surface area contributed by atoms with E-state index >= 15 is 0 Å². The van der Waals surface area contributed by atoms with Gasteiger partial charge >= 0.3 is 0 Å². The standard InChI is InChI=1S/C18H37N/c1-8-17(4,5)13-18(6,7)14-19-11-9-16(10-12-19)15(2)3/h15-16H,8-14H2,1-7H3. The summed E-state index contributed by atoms with van der Waals surface area (Å²) in [6.45, 7) is 20.8. The van der Waals surface area contributed by atoms with E-state index in [-0.39, 0.29) is 0 Å². The van der Waals surface area contributed by atoms with Gasteiger partial charge in [-0.15, -0.1) is 0 Å². The number of piperidine rings is 1. The average molecular weight is 268 g/mol. The maximum Gasteiger partial charge on any atom is 0.00329 e. The molecule has 114 valence electrons. The highest BCUT2D eigenvalue weighted by Crippen LogP contribution is 2.37. The Hall–Kier alpha value is -0.0400. The van der Waals surface area contributed by atoms with Gasteiger partial charge in [0.15, 0.2) is 0 Å². The molecule has 0 unspecified atom stereocenters. The van der Waals surface area contributed by atoms with Crippen LogP contribution in [0.15, 0.2) is 0 Å². The second-order valence-corrected chi connectivity index (χ2v) is 8.72. The molecule has 1 heteroatoms. The summed E-state index contributed by atoms with van der Waals surface area (Å²) in [6.07, 6.45) is 5.43. The van der Waals surface area contributed by atoms with Crippen LogP contribution in [0.2, 0.25) is 0 Å². The lowest BCUT2D eigenvalue weighted by Crippen LogP contribution is -2.42. The Morgan fingerprint density at radius 2 is 1.53 bits per heavy atom. The molecule has 0 bridgehead atoms.